The van der Waals surface area contributed by atoms with E-state index >= 15 is 0 Å². The lowest BCUT2D eigenvalue weighted by Gasteiger charge is -2.45. The van der Waals surface area contributed by atoms with Gasteiger partial charge in [-0.15, -0.1) is 0 Å². The number of hydrogen-bond acceptors (Lipinski definition) is 4. The van der Waals surface area contributed by atoms with Crippen molar-refractivity contribution in [2.45, 2.75) is 45.1 Å². The van der Waals surface area contributed by atoms with Crippen molar-refractivity contribution in [3.05, 3.63) is 23.8 Å². The van der Waals surface area contributed by atoms with Crippen LogP contribution in [0.1, 0.15) is 49.4 Å². The van der Waals surface area contributed by atoms with Crippen molar-refractivity contribution in [1.82, 2.24) is 10.2 Å². The standard InChI is InChI=1S/C21H30N4O3/c1-4-5-11-22-19(26)14-25-18-13-15(20(27)23(2)3)9-10-16(18)24-12-7-6-8-17(24)21(25)28/h9-10,13,17H,4-8,11-12,14H2,1-3H3,(H,22,26). The van der Waals surface area contributed by atoms with Crippen molar-refractivity contribution in [2.24, 2.45) is 0 Å². The third-order valence-electron chi connectivity index (χ3n) is 5.44. The van der Waals surface area contributed by atoms with Crippen LogP contribution in [0.5, 0.6) is 0 Å². The number of anilines is 2. The zero-order valence-electron chi connectivity index (χ0n) is 17.0. The molecule has 1 aromatic rings. The number of hydrogen-bond donors (Lipinski definition) is 1. The van der Waals surface area contributed by atoms with Gasteiger partial charge < -0.3 is 15.1 Å². The van der Waals surface area contributed by atoms with Gasteiger partial charge in [-0.05, 0) is 43.9 Å². The number of nitrogens with zero attached hydrogens (tertiary/aromatic N) is 3. The molecule has 0 spiro atoms. The van der Waals surface area contributed by atoms with Gasteiger partial charge in [0.25, 0.3) is 5.91 Å². The van der Waals surface area contributed by atoms with E-state index < -0.39 is 0 Å². The van der Waals surface area contributed by atoms with Crippen LogP contribution >= 0.6 is 0 Å². The number of rotatable bonds is 6. The van der Waals surface area contributed by atoms with Crippen molar-refractivity contribution in [1.29, 1.82) is 0 Å². The fourth-order valence-electron chi connectivity index (χ4n) is 3.92. The summed E-state index contributed by atoms with van der Waals surface area (Å²) in [5.74, 6) is -0.336. The van der Waals surface area contributed by atoms with Gasteiger partial charge in [0.05, 0.1) is 11.4 Å². The second kappa shape index (κ2) is 8.63. The van der Waals surface area contributed by atoms with Gasteiger partial charge >= 0.3 is 0 Å². The van der Waals surface area contributed by atoms with Crippen molar-refractivity contribution in [3.63, 3.8) is 0 Å². The molecule has 0 radical (unpaired) electrons. The summed E-state index contributed by atoms with van der Waals surface area (Å²) in [7, 11) is 3.40. The van der Waals surface area contributed by atoms with Crippen molar-refractivity contribution in [2.75, 3.05) is 43.5 Å². The molecule has 3 rings (SSSR count). The number of carbonyl (C=O) groups excluding carboxylic acids is 3. The fraction of sp³-hybridized carbons (Fsp3) is 0.571. The van der Waals surface area contributed by atoms with Crippen LogP contribution in [0.15, 0.2) is 18.2 Å². The van der Waals surface area contributed by atoms with E-state index in [1.807, 2.05) is 12.1 Å². The van der Waals surface area contributed by atoms with Crippen LogP contribution in [-0.2, 0) is 9.59 Å². The van der Waals surface area contributed by atoms with Crippen LogP contribution in [0.3, 0.4) is 0 Å². The van der Waals surface area contributed by atoms with Crippen molar-refractivity contribution in [3.8, 4) is 0 Å². The van der Waals surface area contributed by atoms with Crippen LogP contribution in [-0.4, -0.2) is 62.4 Å². The van der Waals surface area contributed by atoms with E-state index in [-0.39, 0.29) is 30.3 Å². The molecule has 0 bridgehead atoms. The predicted molar refractivity (Wildman–Crippen MR) is 110 cm³/mol. The summed E-state index contributed by atoms with van der Waals surface area (Å²) in [5.41, 5.74) is 2.10. The van der Waals surface area contributed by atoms with E-state index in [4.69, 9.17) is 0 Å². The molecule has 152 valence electrons. The smallest absolute Gasteiger partial charge is 0.253 e. The summed E-state index contributed by atoms with van der Waals surface area (Å²) < 4.78 is 0. The highest BCUT2D eigenvalue weighted by Gasteiger charge is 2.40. The number of benzene rings is 1. The molecule has 1 fully saturated rings. The quantitative estimate of drug-likeness (QED) is 0.759. The zero-order valence-corrected chi connectivity index (χ0v) is 17.0. The number of unbranched alkanes of at least 4 members (excludes halogenated alkanes) is 1. The molecule has 7 heteroatoms. The Bertz CT molecular complexity index is 762. The zero-order chi connectivity index (χ0) is 20.3. The van der Waals surface area contributed by atoms with Crippen LogP contribution in [0.4, 0.5) is 11.4 Å². The summed E-state index contributed by atoms with van der Waals surface area (Å²) in [6.07, 6.45) is 4.76. The average Bonchev–Trinajstić information content (AvgIpc) is 2.70. The largest absolute Gasteiger partial charge is 0.358 e. The van der Waals surface area contributed by atoms with Gasteiger partial charge in [-0.3, -0.25) is 19.3 Å². The van der Waals surface area contributed by atoms with E-state index in [0.29, 0.717) is 17.8 Å². The topological polar surface area (TPSA) is 73.0 Å². The van der Waals surface area contributed by atoms with Crippen LogP contribution in [0.25, 0.3) is 0 Å². The normalized spacial score (nSPS) is 18.4. The molecule has 0 aliphatic carbocycles. The fourth-order valence-corrected chi connectivity index (χ4v) is 3.92. The molecule has 1 atom stereocenters. The maximum Gasteiger partial charge on any atom is 0.253 e. The number of amides is 3. The minimum atomic E-state index is -0.222. The van der Waals surface area contributed by atoms with Crippen LogP contribution in [0, 0.1) is 0 Å². The molecule has 7 nitrogen and oxygen atoms in total. The highest BCUT2D eigenvalue weighted by Crippen LogP contribution is 2.40. The Morgan fingerprint density at radius 2 is 2.00 bits per heavy atom. The third kappa shape index (κ3) is 3.98. The first-order chi connectivity index (χ1) is 13.4. The minimum absolute atomic E-state index is 0.0144. The Labute approximate surface area is 166 Å². The Morgan fingerprint density at radius 3 is 2.71 bits per heavy atom. The van der Waals surface area contributed by atoms with Gasteiger partial charge in [-0.25, -0.2) is 0 Å². The Kier molecular flexibility index (Phi) is 6.21. The summed E-state index contributed by atoms with van der Waals surface area (Å²) in [6.45, 7) is 3.48. The molecule has 28 heavy (non-hydrogen) atoms. The first-order valence-corrected chi connectivity index (χ1v) is 10.1. The lowest BCUT2D eigenvalue weighted by molar-refractivity contribution is -0.125. The molecule has 1 aromatic carbocycles. The van der Waals surface area contributed by atoms with Gasteiger partial charge in [-0.1, -0.05) is 13.3 Å². The molecule has 2 aliphatic rings. The molecule has 2 aliphatic heterocycles. The first-order valence-electron chi connectivity index (χ1n) is 10.1. The van der Waals surface area contributed by atoms with Crippen LogP contribution in [0.2, 0.25) is 0 Å². The van der Waals surface area contributed by atoms with Gasteiger partial charge in [0.1, 0.15) is 12.6 Å². The third-order valence-corrected chi connectivity index (χ3v) is 5.44. The lowest BCUT2D eigenvalue weighted by Crippen LogP contribution is -2.57. The predicted octanol–water partition coefficient (Wildman–Crippen LogP) is 2.01. The highest BCUT2D eigenvalue weighted by atomic mass is 16.2. The van der Waals surface area contributed by atoms with Gasteiger partial charge in [0.2, 0.25) is 11.8 Å². The van der Waals surface area contributed by atoms with Crippen molar-refractivity contribution >= 4 is 29.1 Å². The molecule has 0 aromatic heterocycles. The lowest BCUT2D eigenvalue weighted by atomic mass is 9.95. The second-order valence-corrected chi connectivity index (χ2v) is 7.74. The van der Waals surface area contributed by atoms with E-state index in [9.17, 15) is 14.4 Å². The van der Waals surface area contributed by atoms with Gasteiger partial charge in [0.15, 0.2) is 0 Å². The molecular formula is C21H30N4O3. The summed E-state index contributed by atoms with van der Waals surface area (Å²) >= 11 is 0. The Morgan fingerprint density at radius 1 is 1.21 bits per heavy atom. The maximum absolute atomic E-state index is 13.2. The van der Waals surface area contributed by atoms with Gasteiger partial charge in [-0.2, -0.15) is 0 Å². The number of carbonyl (C=O) groups is 3. The highest BCUT2D eigenvalue weighted by molar-refractivity contribution is 6.09. The molecule has 1 saturated heterocycles. The van der Waals surface area contributed by atoms with Gasteiger partial charge in [0, 0.05) is 32.7 Å². The number of fused-ring (bicyclic) bond motifs is 3. The average molecular weight is 386 g/mol. The summed E-state index contributed by atoms with van der Waals surface area (Å²) in [4.78, 5) is 43.3. The molecule has 0 saturated carbocycles. The van der Waals surface area contributed by atoms with E-state index in [2.05, 4.69) is 17.1 Å². The minimum Gasteiger partial charge on any atom is -0.358 e. The summed E-state index contributed by atoms with van der Waals surface area (Å²) in [6, 6.07) is 5.25. The summed E-state index contributed by atoms with van der Waals surface area (Å²) in [5, 5.41) is 2.89. The molecule has 2 heterocycles. The van der Waals surface area contributed by atoms with E-state index in [0.717, 1.165) is 44.3 Å². The molecular weight excluding hydrogens is 356 g/mol. The second-order valence-electron chi connectivity index (χ2n) is 7.74. The first kappa shape index (κ1) is 20.2. The number of nitrogens with one attached hydrogen (secondary N) is 1. The Hall–Kier alpha value is -2.57. The van der Waals surface area contributed by atoms with Crippen molar-refractivity contribution < 1.29 is 14.4 Å². The Balaban J connectivity index is 1.94. The monoisotopic (exact) mass is 386 g/mol. The maximum atomic E-state index is 13.2. The molecule has 1 N–H and O–H groups in total. The number of piperidine rings is 1. The SMILES string of the molecule is CCCCNC(=O)CN1C(=O)C2CCCCN2c2ccc(C(=O)N(C)C)cc21. The van der Waals surface area contributed by atoms with E-state index in [1.165, 1.54) is 4.90 Å². The van der Waals surface area contributed by atoms with E-state index in [1.54, 1.807) is 25.1 Å². The van der Waals surface area contributed by atoms with Crippen LogP contribution < -0.4 is 15.1 Å². The molecule has 3 amide bonds. The molecule has 1 unspecified atom stereocenters.